The van der Waals surface area contributed by atoms with Crippen LogP contribution in [0.25, 0.3) is 0 Å². The highest BCUT2D eigenvalue weighted by atomic mass is 16.1. The van der Waals surface area contributed by atoms with Gasteiger partial charge in [0.25, 0.3) is 5.91 Å². The molecule has 2 rings (SSSR count). The van der Waals surface area contributed by atoms with Crippen LogP contribution in [0.1, 0.15) is 68.7 Å². The SMILES string of the molecule is CC(C)CC(NC(=O)c1ccccc1)c1cc(C(C)(C)C)ccn1. The summed E-state index contributed by atoms with van der Waals surface area (Å²) in [7, 11) is 0. The zero-order valence-corrected chi connectivity index (χ0v) is 15.3. The highest BCUT2D eigenvalue weighted by molar-refractivity contribution is 5.94. The summed E-state index contributed by atoms with van der Waals surface area (Å²) in [6, 6.07) is 13.4. The molecule has 0 spiro atoms. The molecule has 1 unspecified atom stereocenters. The second kappa shape index (κ2) is 7.61. The highest BCUT2D eigenvalue weighted by Gasteiger charge is 2.21. The van der Waals surface area contributed by atoms with E-state index in [1.807, 2.05) is 36.5 Å². The second-order valence-corrected chi connectivity index (χ2v) is 7.74. The van der Waals surface area contributed by atoms with Crippen molar-refractivity contribution in [3.8, 4) is 0 Å². The fourth-order valence-electron chi connectivity index (χ4n) is 2.66. The van der Waals surface area contributed by atoms with Crippen molar-refractivity contribution in [2.24, 2.45) is 5.92 Å². The molecule has 0 radical (unpaired) electrons. The molecule has 1 aromatic carbocycles. The summed E-state index contributed by atoms with van der Waals surface area (Å²) < 4.78 is 0. The van der Waals surface area contributed by atoms with Gasteiger partial charge in [-0.2, -0.15) is 0 Å². The van der Waals surface area contributed by atoms with Crippen molar-refractivity contribution in [2.45, 2.75) is 52.5 Å². The number of rotatable bonds is 5. The van der Waals surface area contributed by atoms with Crippen LogP contribution >= 0.6 is 0 Å². The molecule has 0 aliphatic rings. The first-order chi connectivity index (χ1) is 11.3. The van der Waals surface area contributed by atoms with Gasteiger partial charge in [0.15, 0.2) is 0 Å². The summed E-state index contributed by atoms with van der Waals surface area (Å²) in [5, 5.41) is 3.16. The third-order valence-corrected chi connectivity index (χ3v) is 4.05. The van der Waals surface area contributed by atoms with E-state index in [9.17, 15) is 4.79 Å². The zero-order chi connectivity index (χ0) is 17.7. The van der Waals surface area contributed by atoms with E-state index in [1.54, 1.807) is 0 Å². The van der Waals surface area contributed by atoms with E-state index in [1.165, 1.54) is 5.56 Å². The molecule has 1 amide bonds. The maximum absolute atomic E-state index is 12.6. The van der Waals surface area contributed by atoms with Crippen LogP contribution in [0.4, 0.5) is 0 Å². The number of carbonyl (C=O) groups is 1. The van der Waals surface area contributed by atoms with Crippen LogP contribution in [0.5, 0.6) is 0 Å². The van der Waals surface area contributed by atoms with E-state index in [-0.39, 0.29) is 17.4 Å². The van der Waals surface area contributed by atoms with Crippen molar-refractivity contribution >= 4 is 5.91 Å². The minimum atomic E-state index is -0.0833. The van der Waals surface area contributed by atoms with Gasteiger partial charge in [0.05, 0.1) is 11.7 Å². The Balaban J connectivity index is 2.27. The fraction of sp³-hybridized carbons (Fsp3) is 0.429. The molecule has 1 N–H and O–H groups in total. The Morgan fingerprint density at radius 2 is 1.79 bits per heavy atom. The molecule has 3 nitrogen and oxygen atoms in total. The van der Waals surface area contributed by atoms with E-state index in [0.29, 0.717) is 11.5 Å². The first kappa shape index (κ1) is 18.2. The largest absolute Gasteiger partial charge is 0.344 e. The summed E-state index contributed by atoms with van der Waals surface area (Å²) >= 11 is 0. The summed E-state index contributed by atoms with van der Waals surface area (Å²) in [6.07, 6.45) is 2.71. The average Bonchev–Trinajstić information content (AvgIpc) is 2.54. The number of nitrogens with one attached hydrogen (secondary N) is 1. The van der Waals surface area contributed by atoms with E-state index in [2.05, 4.69) is 57.1 Å². The number of hydrogen-bond acceptors (Lipinski definition) is 2. The molecule has 3 heteroatoms. The van der Waals surface area contributed by atoms with Crippen LogP contribution in [0.2, 0.25) is 0 Å². The number of hydrogen-bond donors (Lipinski definition) is 1. The quantitative estimate of drug-likeness (QED) is 0.850. The van der Waals surface area contributed by atoms with E-state index >= 15 is 0 Å². The van der Waals surface area contributed by atoms with Crippen molar-refractivity contribution < 1.29 is 4.79 Å². The predicted molar refractivity (Wildman–Crippen MR) is 99.0 cm³/mol. The van der Waals surface area contributed by atoms with E-state index in [0.717, 1.165) is 12.1 Å². The molecule has 1 atom stereocenters. The first-order valence-corrected chi connectivity index (χ1v) is 8.59. The number of nitrogens with zero attached hydrogens (tertiary/aromatic N) is 1. The van der Waals surface area contributed by atoms with Gasteiger partial charge in [-0.3, -0.25) is 9.78 Å². The molecule has 0 aliphatic carbocycles. The predicted octanol–water partition coefficient (Wildman–Crippen LogP) is 4.90. The van der Waals surface area contributed by atoms with Crippen LogP contribution in [0.3, 0.4) is 0 Å². The lowest BCUT2D eigenvalue weighted by atomic mass is 9.86. The second-order valence-electron chi connectivity index (χ2n) is 7.74. The van der Waals surface area contributed by atoms with Crippen molar-refractivity contribution in [1.29, 1.82) is 0 Å². The molecule has 0 bridgehead atoms. The van der Waals surface area contributed by atoms with Gasteiger partial charge in [-0.1, -0.05) is 52.8 Å². The molecular weight excluding hydrogens is 296 g/mol. The van der Waals surface area contributed by atoms with Crippen LogP contribution in [-0.2, 0) is 5.41 Å². The molecule has 0 saturated carbocycles. The van der Waals surface area contributed by atoms with Gasteiger partial charge in [-0.15, -0.1) is 0 Å². The van der Waals surface area contributed by atoms with Crippen molar-refractivity contribution in [2.75, 3.05) is 0 Å². The minimum Gasteiger partial charge on any atom is -0.344 e. The molecular formula is C21H28N2O. The number of carbonyl (C=O) groups excluding carboxylic acids is 1. The monoisotopic (exact) mass is 324 g/mol. The number of pyridine rings is 1. The molecule has 128 valence electrons. The van der Waals surface area contributed by atoms with Gasteiger partial charge in [-0.05, 0) is 47.6 Å². The Kier molecular flexibility index (Phi) is 5.76. The van der Waals surface area contributed by atoms with Crippen molar-refractivity contribution in [1.82, 2.24) is 10.3 Å². The van der Waals surface area contributed by atoms with E-state index in [4.69, 9.17) is 0 Å². The third kappa shape index (κ3) is 4.92. The van der Waals surface area contributed by atoms with Gasteiger partial charge in [0, 0.05) is 11.8 Å². The topological polar surface area (TPSA) is 42.0 Å². The molecule has 0 saturated heterocycles. The number of benzene rings is 1. The van der Waals surface area contributed by atoms with Crippen LogP contribution in [-0.4, -0.2) is 10.9 Å². The maximum Gasteiger partial charge on any atom is 0.251 e. The van der Waals surface area contributed by atoms with Crippen LogP contribution in [0.15, 0.2) is 48.7 Å². The van der Waals surface area contributed by atoms with Crippen LogP contribution in [0, 0.1) is 5.92 Å². The normalized spacial score (nSPS) is 12.9. The lowest BCUT2D eigenvalue weighted by Crippen LogP contribution is -2.30. The Hall–Kier alpha value is -2.16. The van der Waals surface area contributed by atoms with Gasteiger partial charge in [-0.25, -0.2) is 0 Å². The van der Waals surface area contributed by atoms with Crippen molar-refractivity contribution in [3.05, 3.63) is 65.5 Å². The fourth-order valence-corrected chi connectivity index (χ4v) is 2.66. The average molecular weight is 324 g/mol. The minimum absolute atomic E-state index is 0.0517. The Labute approximate surface area is 145 Å². The molecule has 2 aromatic rings. The molecule has 24 heavy (non-hydrogen) atoms. The Bertz CT molecular complexity index is 672. The maximum atomic E-state index is 12.6. The summed E-state index contributed by atoms with van der Waals surface area (Å²) in [5.41, 5.74) is 2.90. The van der Waals surface area contributed by atoms with Gasteiger partial charge >= 0.3 is 0 Å². The van der Waals surface area contributed by atoms with Crippen LogP contribution < -0.4 is 5.32 Å². The zero-order valence-electron chi connectivity index (χ0n) is 15.3. The summed E-state index contributed by atoms with van der Waals surface area (Å²) in [4.78, 5) is 17.1. The van der Waals surface area contributed by atoms with Gasteiger partial charge < -0.3 is 5.32 Å². The Morgan fingerprint density at radius 3 is 2.38 bits per heavy atom. The summed E-state index contributed by atoms with van der Waals surface area (Å²) in [6.45, 7) is 10.9. The third-order valence-electron chi connectivity index (χ3n) is 4.05. The van der Waals surface area contributed by atoms with Gasteiger partial charge in [0.2, 0.25) is 0 Å². The number of amides is 1. The Morgan fingerprint density at radius 1 is 1.12 bits per heavy atom. The highest BCUT2D eigenvalue weighted by Crippen LogP contribution is 2.26. The first-order valence-electron chi connectivity index (χ1n) is 8.59. The van der Waals surface area contributed by atoms with Crippen molar-refractivity contribution in [3.63, 3.8) is 0 Å². The van der Waals surface area contributed by atoms with E-state index < -0.39 is 0 Å². The standard InChI is InChI=1S/C21H28N2O/c1-15(2)13-19(23-20(24)16-9-7-6-8-10-16)18-14-17(11-12-22-18)21(3,4)5/h6-12,14-15,19H,13H2,1-5H3,(H,23,24). The molecule has 0 aliphatic heterocycles. The molecule has 0 fully saturated rings. The summed E-state index contributed by atoms with van der Waals surface area (Å²) in [5.74, 6) is 0.412. The lowest BCUT2D eigenvalue weighted by Gasteiger charge is -2.24. The lowest BCUT2D eigenvalue weighted by molar-refractivity contribution is 0.0931. The van der Waals surface area contributed by atoms with Gasteiger partial charge in [0.1, 0.15) is 0 Å². The molecule has 1 aromatic heterocycles. The smallest absolute Gasteiger partial charge is 0.251 e. The molecule has 1 heterocycles. The number of aromatic nitrogens is 1.